The summed E-state index contributed by atoms with van der Waals surface area (Å²) in [4.78, 5) is 19.5. The van der Waals surface area contributed by atoms with Gasteiger partial charge in [0.2, 0.25) is 0 Å². The third-order valence-corrected chi connectivity index (χ3v) is 5.96. The fourth-order valence-electron chi connectivity index (χ4n) is 4.30. The van der Waals surface area contributed by atoms with E-state index in [9.17, 15) is 18.0 Å². The van der Waals surface area contributed by atoms with Crippen molar-refractivity contribution in [3.05, 3.63) is 82.4 Å². The molecule has 174 valence electrons. The lowest BCUT2D eigenvalue weighted by Gasteiger charge is -2.27. The second-order valence-corrected chi connectivity index (χ2v) is 8.69. The van der Waals surface area contributed by atoms with E-state index in [0.29, 0.717) is 25.2 Å². The zero-order chi connectivity index (χ0) is 23.8. The lowest BCUT2D eigenvalue weighted by Crippen LogP contribution is -2.26. The van der Waals surface area contributed by atoms with Crippen LogP contribution < -0.4 is 5.32 Å². The number of rotatable bonds is 6. The molecule has 3 aromatic rings. The number of alkyl halides is 3. The third-order valence-electron chi connectivity index (χ3n) is 5.96. The molecule has 1 aromatic carbocycles. The number of nitrogens with one attached hydrogen (secondary N) is 1. The zero-order valence-corrected chi connectivity index (χ0v) is 18.7. The topological polar surface area (TPSA) is 63.1 Å². The van der Waals surface area contributed by atoms with Crippen LogP contribution in [0.5, 0.6) is 0 Å². The lowest BCUT2D eigenvalue weighted by atomic mass is 9.99. The number of amides is 1. The van der Waals surface area contributed by atoms with Gasteiger partial charge in [0.05, 0.1) is 35.1 Å². The molecule has 0 radical (unpaired) electrons. The maximum atomic E-state index is 12.9. The second kappa shape index (κ2) is 8.97. The first-order valence-corrected chi connectivity index (χ1v) is 10.8. The first kappa shape index (κ1) is 23.0. The van der Waals surface area contributed by atoms with Crippen LogP contribution in [0.25, 0.3) is 0 Å². The average Bonchev–Trinajstić information content (AvgIpc) is 3.33. The molecule has 1 unspecified atom stereocenters. The Kier molecular flexibility index (Phi) is 6.25. The average molecular weight is 458 g/mol. The molecule has 3 heterocycles. The van der Waals surface area contributed by atoms with Gasteiger partial charge < -0.3 is 5.32 Å². The lowest BCUT2D eigenvalue weighted by molar-refractivity contribution is -0.137. The zero-order valence-electron chi connectivity index (χ0n) is 18.7. The number of halogens is 3. The monoisotopic (exact) mass is 457 g/mol. The molecule has 0 spiro atoms. The van der Waals surface area contributed by atoms with Crippen molar-refractivity contribution < 1.29 is 18.0 Å². The predicted octanol–water partition coefficient (Wildman–Crippen LogP) is 4.48. The molecule has 0 fully saturated rings. The largest absolute Gasteiger partial charge is 0.416 e. The van der Waals surface area contributed by atoms with Crippen molar-refractivity contribution in [2.24, 2.45) is 13.0 Å². The molecular weight excluding hydrogens is 431 g/mol. The van der Waals surface area contributed by atoms with E-state index in [1.165, 1.54) is 12.1 Å². The Labute approximate surface area is 190 Å². The molecule has 6 nitrogen and oxygen atoms in total. The highest BCUT2D eigenvalue weighted by atomic mass is 19.4. The molecule has 1 aliphatic heterocycles. The van der Waals surface area contributed by atoms with E-state index < -0.39 is 11.7 Å². The SMILES string of the molecule is CC(C)C1c2ncc(C(=O)NCc3ccnn3C)cc2CN1Cc1ccc(C(F)(F)F)cc1. The van der Waals surface area contributed by atoms with E-state index in [-0.39, 0.29) is 17.9 Å². The normalized spacial score (nSPS) is 16.3. The Morgan fingerprint density at radius 2 is 1.94 bits per heavy atom. The number of nitrogens with zero attached hydrogens (tertiary/aromatic N) is 4. The maximum Gasteiger partial charge on any atom is 0.416 e. The summed E-state index contributed by atoms with van der Waals surface area (Å²) in [7, 11) is 1.82. The number of aryl methyl sites for hydroxylation is 1. The molecule has 2 aromatic heterocycles. The highest BCUT2D eigenvalue weighted by Gasteiger charge is 2.35. The van der Waals surface area contributed by atoms with Gasteiger partial charge in [0.1, 0.15) is 0 Å². The second-order valence-electron chi connectivity index (χ2n) is 8.69. The molecule has 0 saturated heterocycles. The standard InChI is InChI=1S/C24H26F3N5O/c1-15(2)22-21-18(14-32(22)13-16-4-6-19(7-5-16)24(25,26)27)10-17(11-28-21)23(33)29-12-20-8-9-30-31(20)3/h4-11,15,22H,12-14H2,1-3H3,(H,29,33). The van der Waals surface area contributed by atoms with E-state index in [1.54, 1.807) is 17.1 Å². The number of pyridine rings is 1. The van der Waals surface area contributed by atoms with Crippen LogP contribution in [-0.4, -0.2) is 25.6 Å². The quantitative estimate of drug-likeness (QED) is 0.593. The molecule has 1 amide bonds. The summed E-state index contributed by atoms with van der Waals surface area (Å²) < 4.78 is 40.3. The van der Waals surface area contributed by atoms with Gasteiger partial charge in [-0.1, -0.05) is 26.0 Å². The molecule has 4 rings (SSSR count). The summed E-state index contributed by atoms with van der Waals surface area (Å²) >= 11 is 0. The van der Waals surface area contributed by atoms with Gasteiger partial charge in [0, 0.05) is 32.5 Å². The van der Waals surface area contributed by atoms with Crippen LogP contribution in [-0.2, 0) is 32.9 Å². The van der Waals surface area contributed by atoms with E-state index in [0.717, 1.165) is 34.6 Å². The molecule has 9 heteroatoms. The number of carbonyl (C=O) groups is 1. The summed E-state index contributed by atoms with van der Waals surface area (Å²) in [6.45, 7) is 5.63. The summed E-state index contributed by atoms with van der Waals surface area (Å²) in [5.41, 5.74) is 3.40. The van der Waals surface area contributed by atoms with Gasteiger partial charge in [0.25, 0.3) is 5.91 Å². The van der Waals surface area contributed by atoms with Crippen LogP contribution in [0.1, 0.15) is 58.3 Å². The first-order valence-electron chi connectivity index (χ1n) is 10.8. The van der Waals surface area contributed by atoms with E-state index in [4.69, 9.17) is 0 Å². The van der Waals surface area contributed by atoms with Crippen LogP contribution in [0.15, 0.2) is 48.8 Å². The Balaban J connectivity index is 1.49. The Morgan fingerprint density at radius 1 is 1.21 bits per heavy atom. The minimum Gasteiger partial charge on any atom is -0.346 e. The van der Waals surface area contributed by atoms with Crippen molar-refractivity contribution in [2.45, 2.75) is 45.7 Å². The minimum atomic E-state index is -4.35. The number of aromatic nitrogens is 3. The number of hydrogen-bond donors (Lipinski definition) is 1. The van der Waals surface area contributed by atoms with Crippen molar-refractivity contribution >= 4 is 5.91 Å². The summed E-state index contributed by atoms with van der Waals surface area (Å²) in [6.07, 6.45) is -1.08. The smallest absolute Gasteiger partial charge is 0.346 e. The molecule has 1 aliphatic rings. The number of fused-ring (bicyclic) bond motifs is 1. The van der Waals surface area contributed by atoms with E-state index >= 15 is 0 Å². The van der Waals surface area contributed by atoms with Crippen LogP contribution >= 0.6 is 0 Å². The highest BCUT2D eigenvalue weighted by molar-refractivity contribution is 5.94. The van der Waals surface area contributed by atoms with Crippen LogP contribution in [0.2, 0.25) is 0 Å². The van der Waals surface area contributed by atoms with Crippen molar-refractivity contribution in [1.29, 1.82) is 0 Å². The van der Waals surface area contributed by atoms with Crippen LogP contribution in [0.3, 0.4) is 0 Å². The van der Waals surface area contributed by atoms with Gasteiger partial charge >= 0.3 is 6.18 Å². The predicted molar refractivity (Wildman–Crippen MR) is 117 cm³/mol. The van der Waals surface area contributed by atoms with Crippen LogP contribution in [0.4, 0.5) is 13.2 Å². The number of hydrogen-bond acceptors (Lipinski definition) is 4. The molecule has 0 saturated carbocycles. The van der Waals surface area contributed by atoms with Gasteiger partial charge in [-0.15, -0.1) is 0 Å². The van der Waals surface area contributed by atoms with Crippen molar-refractivity contribution in [3.63, 3.8) is 0 Å². The highest BCUT2D eigenvalue weighted by Crippen LogP contribution is 2.39. The van der Waals surface area contributed by atoms with Crippen molar-refractivity contribution in [1.82, 2.24) is 25.0 Å². The van der Waals surface area contributed by atoms with Crippen molar-refractivity contribution in [2.75, 3.05) is 0 Å². The van der Waals surface area contributed by atoms with E-state index in [2.05, 4.69) is 34.1 Å². The summed E-state index contributed by atoms with van der Waals surface area (Å²) in [5.74, 6) is 0.0338. The molecule has 1 atom stereocenters. The fourth-order valence-corrected chi connectivity index (χ4v) is 4.30. The van der Waals surface area contributed by atoms with Gasteiger partial charge in [-0.2, -0.15) is 18.3 Å². The van der Waals surface area contributed by atoms with E-state index in [1.807, 2.05) is 19.2 Å². The van der Waals surface area contributed by atoms with Crippen molar-refractivity contribution in [3.8, 4) is 0 Å². The minimum absolute atomic E-state index is 0.0221. The number of benzene rings is 1. The molecule has 33 heavy (non-hydrogen) atoms. The van der Waals surface area contributed by atoms with Gasteiger partial charge in [-0.3, -0.25) is 19.4 Å². The molecule has 0 bridgehead atoms. The Morgan fingerprint density at radius 3 is 2.55 bits per heavy atom. The molecule has 1 N–H and O–H groups in total. The summed E-state index contributed by atoms with van der Waals surface area (Å²) in [6, 6.07) is 9.00. The fraction of sp³-hybridized carbons (Fsp3) is 0.375. The molecule has 0 aliphatic carbocycles. The van der Waals surface area contributed by atoms with Gasteiger partial charge in [0.15, 0.2) is 0 Å². The van der Waals surface area contributed by atoms with Gasteiger partial charge in [-0.25, -0.2) is 0 Å². The van der Waals surface area contributed by atoms with Crippen LogP contribution in [0, 0.1) is 5.92 Å². The summed E-state index contributed by atoms with van der Waals surface area (Å²) in [5, 5.41) is 6.98. The van der Waals surface area contributed by atoms with Gasteiger partial charge in [-0.05, 0) is 41.3 Å². The maximum absolute atomic E-state index is 12.9. The Bertz CT molecular complexity index is 1140. The Hall–Kier alpha value is -3.20. The third kappa shape index (κ3) is 4.93. The first-order chi connectivity index (χ1) is 15.6. The molecular formula is C24H26F3N5O. The number of carbonyl (C=O) groups excluding carboxylic acids is 1.